The second-order valence-corrected chi connectivity index (χ2v) is 5.58. The molecule has 1 amide bonds. The fourth-order valence-corrected chi connectivity index (χ4v) is 2.56. The molecule has 7 heteroatoms. The molecule has 1 aromatic carbocycles. The summed E-state index contributed by atoms with van der Waals surface area (Å²) in [4.78, 5) is 25.1. The van der Waals surface area contributed by atoms with E-state index in [1.54, 1.807) is 4.90 Å². The van der Waals surface area contributed by atoms with E-state index in [4.69, 9.17) is 0 Å². The third kappa shape index (κ3) is 4.59. The molecule has 0 N–H and O–H groups in total. The molecule has 0 radical (unpaired) electrons. The average Bonchev–Trinajstić information content (AvgIpc) is 2.58. The topological polar surface area (TPSA) is 46.6 Å². The van der Waals surface area contributed by atoms with Gasteiger partial charge in [0.2, 0.25) is 5.91 Å². The van der Waals surface area contributed by atoms with E-state index in [1.807, 2.05) is 0 Å². The van der Waals surface area contributed by atoms with E-state index in [0.717, 1.165) is 12.1 Å². The highest BCUT2D eigenvalue weighted by Gasteiger charge is 2.30. The molecule has 1 aliphatic heterocycles. The maximum Gasteiger partial charge on any atom is 0.416 e. The maximum atomic E-state index is 12.5. The monoisotopic (exact) mass is 341 g/mol. The summed E-state index contributed by atoms with van der Waals surface area (Å²) in [5.41, 5.74) is -0.211. The zero-order valence-electron chi connectivity index (χ0n) is 13.2. The number of amides is 1. The van der Waals surface area contributed by atoms with Crippen molar-refractivity contribution in [3.8, 4) is 0 Å². The highest BCUT2D eigenvalue weighted by atomic mass is 19.4. The van der Waals surface area contributed by atoms with Crippen LogP contribution in [0.4, 0.5) is 13.2 Å². The third-order valence-corrected chi connectivity index (χ3v) is 4.00. The van der Waals surface area contributed by atoms with Crippen molar-refractivity contribution in [1.82, 2.24) is 4.90 Å². The Kier molecular flexibility index (Phi) is 5.64. The number of carbonyl (C=O) groups excluding carboxylic acids is 2. The van der Waals surface area contributed by atoms with Gasteiger partial charge >= 0.3 is 12.1 Å². The first kappa shape index (κ1) is 18.0. The first-order valence-corrected chi connectivity index (χ1v) is 7.53. The summed E-state index contributed by atoms with van der Waals surface area (Å²) in [7, 11) is 1.34. The van der Waals surface area contributed by atoms with Crippen LogP contribution in [-0.2, 0) is 20.5 Å². The van der Waals surface area contributed by atoms with Gasteiger partial charge in [-0.1, -0.05) is 12.1 Å². The Morgan fingerprint density at radius 3 is 2.25 bits per heavy atom. The summed E-state index contributed by atoms with van der Waals surface area (Å²) in [5.74, 6) is -0.668. The minimum atomic E-state index is -4.37. The fourth-order valence-electron chi connectivity index (χ4n) is 2.56. The first-order chi connectivity index (χ1) is 11.3. The van der Waals surface area contributed by atoms with E-state index in [1.165, 1.54) is 31.4 Å². The number of hydrogen-bond donors (Lipinski definition) is 0. The molecule has 1 aromatic rings. The van der Waals surface area contributed by atoms with Crippen LogP contribution in [0.15, 0.2) is 30.3 Å². The lowest BCUT2D eigenvalue weighted by atomic mass is 9.97. The Labute approximate surface area is 137 Å². The van der Waals surface area contributed by atoms with Crippen molar-refractivity contribution in [2.24, 2.45) is 5.92 Å². The normalized spacial score (nSPS) is 16.4. The number of nitrogens with zero attached hydrogens (tertiary/aromatic N) is 1. The van der Waals surface area contributed by atoms with Gasteiger partial charge < -0.3 is 9.64 Å². The number of carbonyl (C=O) groups is 2. The molecule has 0 spiro atoms. The van der Waals surface area contributed by atoms with Crippen molar-refractivity contribution in [2.45, 2.75) is 19.0 Å². The summed E-state index contributed by atoms with van der Waals surface area (Å²) in [6.07, 6.45) is -0.461. The summed E-state index contributed by atoms with van der Waals surface area (Å²) in [6.45, 7) is 0.909. The molecule has 1 fully saturated rings. The Bertz CT molecular complexity index is 615. The SMILES string of the molecule is COC(=O)C1CCN(C(=O)/C=C/c2ccc(C(F)(F)F)cc2)CC1. The van der Waals surface area contributed by atoms with E-state index in [2.05, 4.69) is 4.74 Å². The molecule has 1 heterocycles. The van der Waals surface area contributed by atoms with Crippen LogP contribution in [0.25, 0.3) is 6.08 Å². The van der Waals surface area contributed by atoms with Crippen LogP contribution in [0.1, 0.15) is 24.0 Å². The number of likely N-dealkylation sites (tertiary alicyclic amines) is 1. The molecule has 4 nitrogen and oxygen atoms in total. The van der Waals surface area contributed by atoms with Crippen LogP contribution >= 0.6 is 0 Å². The standard InChI is InChI=1S/C17H18F3NO3/c1-24-16(23)13-8-10-21(11-9-13)15(22)7-4-12-2-5-14(6-3-12)17(18,19)20/h2-7,13H,8-11H2,1H3/b7-4+. The number of rotatable bonds is 3. The fraction of sp³-hybridized carbons (Fsp3) is 0.412. The summed E-state index contributed by atoms with van der Waals surface area (Å²) in [6, 6.07) is 4.59. The molecule has 0 aliphatic carbocycles. The molecule has 24 heavy (non-hydrogen) atoms. The number of methoxy groups -OCH3 is 1. The third-order valence-electron chi connectivity index (χ3n) is 4.00. The van der Waals surface area contributed by atoms with Crippen LogP contribution in [0, 0.1) is 5.92 Å². The Balaban J connectivity index is 1.91. The quantitative estimate of drug-likeness (QED) is 0.627. The van der Waals surface area contributed by atoms with Gasteiger partial charge in [0.25, 0.3) is 0 Å². The summed E-state index contributed by atoms with van der Waals surface area (Å²) >= 11 is 0. The molecule has 2 rings (SSSR count). The Morgan fingerprint density at radius 1 is 1.17 bits per heavy atom. The molecule has 0 saturated carbocycles. The predicted molar refractivity (Wildman–Crippen MR) is 81.8 cm³/mol. The Morgan fingerprint density at radius 2 is 1.75 bits per heavy atom. The maximum absolute atomic E-state index is 12.5. The van der Waals surface area contributed by atoms with E-state index >= 15 is 0 Å². The highest BCUT2D eigenvalue weighted by Crippen LogP contribution is 2.29. The van der Waals surface area contributed by atoms with Gasteiger partial charge in [-0.3, -0.25) is 9.59 Å². The molecule has 1 saturated heterocycles. The van der Waals surface area contributed by atoms with E-state index in [-0.39, 0.29) is 17.8 Å². The summed E-state index contributed by atoms with van der Waals surface area (Å²) in [5, 5.41) is 0. The van der Waals surface area contributed by atoms with Gasteiger partial charge in [-0.2, -0.15) is 13.2 Å². The zero-order chi connectivity index (χ0) is 17.7. The second-order valence-electron chi connectivity index (χ2n) is 5.58. The van der Waals surface area contributed by atoms with Crippen LogP contribution < -0.4 is 0 Å². The lowest BCUT2D eigenvalue weighted by Crippen LogP contribution is -2.39. The molecule has 0 aromatic heterocycles. The van der Waals surface area contributed by atoms with Crippen molar-refractivity contribution in [3.63, 3.8) is 0 Å². The lowest BCUT2D eigenvalue weighted by Gasteiger charge is -2.29. The number of benzene rings is 1. The van der Waals surface area contributed by atoms with Gasteiger partial charge in [-0.15, -0.1) is 0 Å². The van der Waals surface area contributed by atoms with Gasteiger partial charge in [0.1, 0.15) is 0 Å². The number of alkyl halides is 3. The molecule has 1 aliphatic rings. The molecule has 0 bridgehead atoms. The van der Waals surface area contributed by atoms with Gasteiger partial charge in [0, 0.05) is 19.2 Å². The van der Waals surface area contributed by atoms with Gasteiger partial charge in [-0.05, 0) is 36.6 Å². The minimum Gasteiger partial charge on any atom is -0.469 e. The number of piperidine rings is 1. The van der Waals surface area contributed by atoms with Gasteiger partial charge in [0.15, 0.2) is 0 Å². The number of hydrogen-bond acceptors (Lipinski definition) is 3. The number of ether oxygens (including phenoxy) is 1. The summed E-state index contributed by atoms with van der Waals surface area (Å²) < 4.78 is 42.1. The van der Waals surface area contributed by atoms with Crippen molar-refractivity contribution in [3.05, 3.63) is 41.5 Å². The number of halogens is 3. The molecule has 0 atom stereocenters. The smallest absolute Gasteiger partial charge is 0.416 e. The van der Waals surface area contributed by atoms with Gasteiger partial charge in [0.05, 0.1) is 18.6 Å². The predicted octanol–water partition coefficient (Wildman–Crippen LogP) is 3.13. The Hall–Kier alpha value is -2.31. The zero-order valence-corrected chi connectivity index (χ0v) is 13.2. The van der Waals surface area contributed by atoms with Crippen LogP contribution in [0.2, 0.25) is 0 Å². The molecular weight excluding hydrogens is 323 g/mol. The largest absolute Gasteiger partial charge is 0.469 e. The van der Waals surface area contributed by atoms with E-state index in [9.17, 15) is 22.8 Å². The molecule has 0 unspecified atom stereocenters. The second kappa shape index (κ2) is 7.51. The molecule has 130 valence electrons. The first-order valence-electron chi connectivity index (χ1n) is 7.53. The van der Waals surface area contributed by atoms with Gasteiger partial charge in [-0.25, -0.2) is 0 Å². The van der Waals surface area contributed by atoms with Crippen molar-refractivity contribution < 1.29 is 27.5 Å². The van der Waals surface area contributed by atoms with E-state index < -0.39 is 11.7 Å². The van der Waals surface area contributed by atoms with Crippen LogP contribution in [0.3, 0.4) is 0 Å². The average molecular weight is 341 g/mol. The van der Waals surface area contributed by atoms with Crippen molar-refractivity contribution in [1.29, 1.82) is 0 Å². The van der Waals surface area contributed by atoms with Crippen molar-refractivity contribution in [2.75, 3.05) is 20.2 Å². The molecular formula is C17H18F3NO3. The van der Waals surface area contributed by atoms with E-state index in [0.29, 0.717) is 31.5 Å². The van der Waals surface area contributed by atoms with Crippen LogP contribution in [-0.4, -0.2) is 37.0 Å². The lowest BCUT2D eigenvalue weighted by molar-refractivity contribution is -0.148. The highest BCUT2D eigenvalue weighted by molar-refractivity contribution is 5.92. The number of esters is 1. The minimum absolute atomic E-state index is 0.182. The van der Waals surface area contributed by atoms with Crippen molar-refractivity contribution >= 4 is 18.0 Å². The van der Waals surface area contributed by atoms with Crippen LogP contribution in [0.5, 0.6) is 0 Å².